The lowest BCUT2D eigenvalue weighted by Gasteiger charge is -2.24. The van der Waals surface area contributed by atoms with E-state index in [4.69, 9.17) is 10.3 Å². The quantitative estimate of drug-likeness (QED) is 0.611. The molecular formula is C12H13N2O4+. The predicted octanol–water partition coefficient (Wildman–Crippen LogP) is 0.773. The number of fused-ring (bicyclic) bond motifs is 1. The smallest absolute Gasteiger partial charge is 0.395 e. The minimum atomic E-state index is -0.985. The molecule has 0 fully saturated rings. The molecule has 0 bridgehead atoms. The highest BCUT2D eigenvalue weighted by atomic mass is 16.6. The lowest BCUT2D eigenvalue weighted by molar-refractivity contribution is -0.714. The molecule has 0 aromatic heterocycles. The largest absolute Gasteiger partial charge is 0.522 e. The van der Waals surface area contributed by atoms with Gasteiger partial charge in [0.1, 0.15) is 5.56 Å². The van der Waals surface area contributed by atoms with Crippen molar-refractivity contribution in [2.24, 2.45) is 0 Å². The number of amides is 1. The second kappa shape index (κ2) is 4.97. The lowest BCUT2D eigenvalue weighted by atomic mass is 10.0. The summed E-state index contributed by atoms with van der Waals surface area (Å²) in [4.78, 5) is 23.1. The van der Waals surface area contributed by atoms with E-state index in [0.717, 1.165) is 11.1 Å². The third-order valence-corrected chi connectivity index (χ3v) is 2.79. The molecule has 2 N–H and O–H groups in total. The Balaban J connectivity index is 2.28. The van der Waals surface area contributed by atoms with Gasteiger partial charge in [-0.15, -0.1) is 0 Å². The van der Waals surface area contributed by atoms with Crippen LogP contribution in [0.15, 0.2) is 24.4 Å². The highest BCUT2D eigenvalue weighted by Gasteiger charge is 2.25. The molecule has 1 aromatic carbocycles. The van der Waals surface area contributed by atoms with Crippen molar-refractivity contribution < 1.29 is 20.0 Å². The van der Waals surface area contributed by atoms with Gasteiger partial charge >= 0.3 is 10.8 Å². The molecule has 0 spiro atoms. The van der Waals surface area contributed by atoms with Crippen molar-refractivity contribution in [2.45, 2.75) is 6.54 Å². The molecule has 1 aromatic rings. The SMILES string of the molecule is O=C(c1ccc2c(c1)CN(CCO)C=C2)[N+](=O)O. The number of carbonyl (C=O) groups excluding carboxylic acids is 1. The summed E-state index contributed by atoms with van der Waals surface area (Å²) in [6.07, 6.45) is 3.74. The third kappa shape index (κ3) is 2.38. The molecule has 0 radical (unpaired) electrons. The highest BCUT2D eigenvalue weighted by Crippen LogP contribution is 2.21. The van der Waals surface area contributed by atoms with E-state index in [2.05, 4.69) is 0 Å². The fraction of sp³-hybridized carbons (Fsp3) is 0.250. The van der Waals surface area contributed by atoms with E-state index in [1.807, 2.05) is 17.2 Å². The van der Waals surface area contributed by atoms with E-state index in [1.165, 1.54) is 6.07 Å². The predicted molar refractivity (Wildman–Crippen MR) is 62.7 cm³/mol. The molecule has 0 unspecified atom stereocenters. The normalized spacial score (nSPS) is 13.3. The van der Waals surface area contributed by atoms with Gasteiger partial charge in [-0.05, 0) is 29.3 Å². The van der Waals surface area contributed by atoms with Crippen LogP contribution in [-0.4, -0.2) is 39.2 Å². The van der Waals surface area contributed by atoms with Crippen LogP contribution in [0.5, 0.6) is 0 Å². The zero-order valence-corrected chi connectivity index (χ0v) is 9.61. The summed E-state index contributed by atoms with van der Waals surface area (Å²) in [5, 5.41) is 17.5. The van der Waals surface area contributed by atoms with Gasteiger partial charge in [-0.25, -0.2) is 10.0 Å². The first-order chi connectivity index (χ1) is 8.61. The summed E-state index contributed by atoms with van der Waals surface area (Å²) >= 11 is 0. The van der Waals surface area contributed by atoms with Crippen LogP contribution in [0.2, 0.25) is 0 Å². The zero-order chi connectivity index (χ0) is 13.1. The van der Waals surface area contributed by atoms with Crippen LogP contribution in [0, 0.1) is 4.91 Å². The maximum absolute atomic E-state index is 11.3. The van der Waals surface area contributed by atoms with Crippen molar-refractivity contribution in [2.75, 3.05) is 13.2 Å². The summed E-state index contributed by atoms with van der Waals surface area (Å²) < 4.78 is 0. The average molecular weight is 249 g/mol. The Morgan fingerprint density at radius 3 is 2.89 bits per heavy atom. The van der Waals surface area contributed by atoms with Crippen molar-refractivity contribution in [1.82, 2.24) is 4.90 Å². The van der Waals surface area contributed by atoms with Gasteiger partial charge in [0.2, 0.25) is 0 Å². The van der Waals surface area contributed by atoms with Crippen LogP contribution >= 0.6 is 0 Å². The first kappa shape index (κ1) is 12.3. The molecule has 1 aliphatic rings. The molecule has 0 atom stereocenters. The summed E-state index contributed by atoms with van der Waals surface area (Å²) in [6.45, 7) is 1.10. The maximum atomic E-state index is 11.3. The first-order valence-electron chi connectivity index (χ1n) is 5.48. The fourth-order valence-electron chi connectivity index (χ4n) is 1.89. The Kier molecular flexibility index (Phi) is 3.38. The monoisotopic (exact) mass is 249 g/mol. The van der Waals surface area contributed by atoms with Crippen LogP contribution in [0.25, 0.3) is 6.08 Å². The molecule has 6 nitrogen and oxygen atoms in total. The molecule has 1 heterocycles. The Morgan fingerprint density at radius 2 is 2.22 bits per heavy atom. The standard InChI is InChI=1S/C12H13N2O4/c15-6-5-13-4-3-9-1-2-10(7-11(9)8-13)12(16)14(17)18/h1-4,7,15H,5-6,8H2,(H,17,18)/q+1. The molecule has 94 valence electrons. The maximum Gasteiger partial charge on any atom is 0.522 e. The Hall–Kier alpha value is -2.21. The minimum absolute atomic E-state index is 0.0449. The second-order valence-corrected chi connectivity index (χ2v) is 4.00. The molecular weight excluding hydrogens is 236 g/mol. The van der Waals surface area contributed by atoms with Gasteiger partial charge in [0.25, 0.3) is 0 Å². The number of aliphatic hydroxyl groups excluding tert-OH is 1. The van der Waals surface area contributed by atoms with Gasteiger partial charge < -0.3 is 10.0 Å². The van der Waals surface area contributed by atoms with Crippen molar-refractivity contribution in [3.8, 4) is 0 Å². The Labute approximate surface area is 103 Å². The number of β-amino-alcohol motifs (C(OH)–C–C–N with tert-alkyl or cyclic N) is 1. The van der Waals surface area contributed by atoms with Crippen molar-refractivity contribution in [3.63, 3.8) is 0 Å². The fourth-order valence-corrected chi connectivity index (χ4v) is 1.89. The number of hydrogen-bond acceptors (Lipinski definition) is 4. The molecule has 18 heavy (non-hydrogen) atoms. The van der Waals surface area contributed by atoms with Crippen LogP contribution in [0.3, 0.4) is 0 Å². The van der Waals surface area contributed by atoms with E-state index < -0.39 is 10.8 Å². The number of nitrogens with zero attached hydrogens (tertiary/aromatic N) is 2. The van der Waals surface area contributed by atoms with E-state index in [9.17, 15) is 9.70 Å². The van der Waals surface area contributed by atoms with Crippen LogP contribution < -0.4 is 0 Å². The number of carbonyl (C=O) groups is 1. The Bertz CT molecular complexity index is 525. The summed E-state index contributed by atoms with van der Waals surface area (Å²) in [6, 6.07) is 4.79. The van der Waals surface area contributed by atoms with Gasteiger partial charge in [0, 0.05) is 19.3 Å². The van der Waals surface area contributed by atoms with Crippen molar-refractivity contribution >= 4 is 12.0 Å². The molecule has 0 aliphatic carbocycles. The van der Waals surface area contributed by atoms with Crippen molar-refractivity contribution in [3.05, 3.63) is 46.0 Å². The molecule has 0 saturated carbocycles. The molecule has 6 heteroatoms. The number of hydrogen-bond donors (Lipinski definition) is 2. The number of benzene rings is 1. The topological polar surface area (TPSA) is 80.9 Å². The van der Waals surface area contributed by atoms with E-state index >= 15 is 0 Å². The molecule has 1 aliphatic heterocycles. The van der Waals surface area contributed by atoms with E-state index in [1.54, 1.807) is 12.1 Å². The van der Waals surface area contributed by atoms with Gasteiger partial charge in [-0.1, -0.05) is 6.07 Å². The van der Waals surface area contributed by atoms with Gasteiger partial charge in [0.15, 0.2) is 0 Å². The first-order valence-corrected chi connectivity index (χ1v) is 5.48. The zero-order valence-electron chi connectivity index (χ0n) is 9.61. The summed E-state index contributed by atoms with van der Waals surface area (Å²) in [5.41, 5.74) is 1.97. The molecule has 1 amide bonds. The lowest BCUT2D eigenvalue weighted by Crippen LogP contribution is -2.23. The van der Waals surface area contributed by atoms with Gasteiger partial charge in [0.05, 0.1) is 11.5 Å². The van der Waals surface area contributed by atoms with E-state index in [0.29, 0.717) is 13.1 Å². The third-order valence-electron chi connectivity index (χ3n) is 2.79. The molecule has 2 rings (SSSR count). The Morgan fingerprint density at radius 1 is 1.44 bits per heavy atom. The number of aliphatic hydroxyl groups is 1. The molecule has 0 saturated heterocycles. The second-order valence-electron chi connectivity index (χ2n) is 4.00. The number of rotatable bonds is 3. The van der Waals surface area contributed by atoms with Gasteiger partial charge in [-0.3, -0.25) is 0 Å². The minimum Gasteiger partial charge on any atom is -0.395 e. The van der Waals surface area contributed by atoms with E-state index in [-0.39, 0.29) is 12.2 Å². The van der Waals surface area contributed by atoms with Gasteiger partial charge in [-0.2, -0.15) is 0 Å². The summed E-state index contributed by atoms with van der Waals surface area (Å²) in [7, 11) is 0. The summed E-state index contributed by atoms with van der Waals surface area (Å²) in [5.74, 6) is -0.985. The van der Waals surface area contributed by atoms with Crippen LogP contribution in [0.1, 0.15) is 21.5 Å². The van der Waals surface area contributed by atoms with Crippen LogP contribution in [0.4, 0.5) is 0 Å². The van der Waals surface area contributed by atoms with Crippen molar-refractivity contribution in [1.29, 1.82) is 0 Å². The average Bonchev–Trinajstić information content (AvgIpc) is 2.37. The highest BCUT2D eigenvalue weighted by molar-refractivity contribution is 5.88. The van der Waals surface area contributed by atoms with Crippen LogP contribution in [-0.2, 0) is 6.54 Å².